The van der Waals surface area contributed by atoms with Gasteiger partial charge in [-0.15, -0.1) is 22.0 Å². The van der Waals surface area contributed by atoms with Crippen LogP contribution >= 0.6 is 23.4 Å². The van der Waals surface area contributed by atoms with Gasteiger partial charge in [0.05, 0.1) is 22.7 Å². The van der Waals surface area contributed by atoms with Crippen LogP contribution in [0.3, 0.4) is 0 Å². The van der Waals surface area contributed by atoms with E-state index in [-0.39, 0.29) is 18.5 Å². The highest BCUT2D eigenvalue weighted by Gasteiger charge is 2.35. The van der Waals surface area contributed by atoms with E-state index in [1.54, 1.807) is 29.3 Å². The number of benzene rings is 1. The number of halogens is 1. The van der Waals surface area contributed by atoms with Crippen molar-refractivity contribution in [1.29, 1.82) is 0 Å². The van der Waals surface area contributed by atoms with Gasteiger partial charge in [0, 0.05) is 12.2 Å². The van der Waals surface area contributed by atoms with E-state index in [4.69, 9.17) is 16.0 Å². The number of rotatable bonds is 6. The van der Waals surface area contributed by atoms with E-state index in [1.165, 1.54) is 11.8 Å². The summed E-state index contributed by atoms with van der Waals surface area (Å²) in [5.74, 6) is 0.678. The lowest BCUT2D eigenvalue weighted by molar-refractivity contribution is 0.0710. The van der Waals surface area contributed by atoms with Gasteiger partial charge in [-0.1, -0.05) is 23.7 Å². The molecular formula is C19H17ClN4O2S. The SMILES string of the molecule is CSc1ncccc1C(=O)N(Cc1nnc(-c2ccccc2Cl)o1)C1CC1. The van der Waals surface area contributed by atoms with Gasteiger partial charge < -0.3 is 9.32 Å². The van der Waals surface area contributed by atoms with Crippen LogP contribution in [-0.2, 0) is 6.54 Å². The maximum absolute atomic E-state index is 13.1. The van der Waals surface area contributed by atoms with Crippen LogP contribution < -0.4 is 0 Å². The average Bonchev–Trinajstić information content (AvgIpc) is 3.44. The summed E-state index contributed by atoms with van der Waals surface area (Å²) in [6, 6.07) is 11.1. The summed E-state index contributed by atoms with van der Waals surface area (Å²) < 4.78 is 5.78. The number of hydrogen-bond donors (Lipinski definition) is 0. The van der Waals surface area contributed by atoms with Crippen molar-refractivity contribution in [2.75, 3.05) is 6.26 Å². The Morgan fingerprint density at radius 1 is 1.26 bits per heavy atom. The quantitative estimate of drug-likeness (QED) is 0.574. The third kappa shape index (κ3) is 3.84. The van der Waals surface area contributed by atoms with E-state index in [9.17, 15) is 4.79 Å². The molecule has 3 aromatic rings. The summed E-state index contributed by atoms with van der Waals surface area (Å²) in [6.45, 7) is 0.268. The number of nitrogens with zero attached hydrogens (tertiary/aromatic N) is 4. The van der Waals surface area contributed by atoms with Gasteiger partial charge in [-0.2, -0.15) is 0 Å². The van der Waals surface area contributed by atoms with Crippen LogP contribution in [0.5, 0.6) is 0 Å². The van der Waals surface area contributed by atoms with Crippen LogP contribution in [0.4, 0.5) is 0 Å². The summed E-state index contributed by atoms with van der Waals surface area (Å²) in [5, 5.41) is 9.46. The molecule has 1 fully saturated rings. The Hall–Kier alpha value is -2.38. The van der Waals surface area contributed by atoms with Crippen LogP contribution in [0.15, 0.2) is 52.0 Å². The van der Waals surface area contributed by atoms with Gasteiger partial charge >= 0.3 is 0 Å². The number of carbonyl (C=O) groups excluding carboxylic acids is 1. The van der Waals surface area contributed by atoms with Crippen molar-refractivity contribution < 1.29 is 9.21 Å². The largest absolute Gasteiger partial charge is 0.419 e. The molecule has 6 nitrogen and oxygen atoms in total. The standard InChI is InChI=1S/C19H17ClN4O2S/c1-27-18-14(6-4-10-21-18)19(25)24(12-8-9-12)11-16-22-23-17(26-16)13-5-2-3-7-15(13)20/h2-7,10,12H,8-9,11H2,1H3. The van der Waals surface area contributed by atoms with Crippen molar-refractivity contribution in [2.45, 2.75) is 30.5 Å². The van der Waals surface area contributed by atoms with Crippen LogP contribution in [0.25, 0.3) is 11.5 Å². The first-order valence-corrected chi connectivity index (χ1v) is 10.1. The van der Waals surface area contributed by atoms with Gasteiger partial charge in [0.15, 0.2) is 0 Å². The molecule has 0 atom stereocenters. The molecule has 138 valence electrons. The molecule has 0 saturated heterocycles. The summed E-state index contributed by atoms with van der Waals surface area (Å²) in [5.41, 5.74) is 1.28. The molecule has 27 heavy (non-hydrogen) atoms. The van der Waals surface area contributed by atoms with Crippen molar-refractivity contribution in [2.24, 2.45) is 0 Å². The predicted octanol–water partition coefficient (Wildman–Crippen LogP) is 4.31. The molecule has 0 unspecified atom stereocenters. The normalized spacial score (nSPS) is 13.6. The lowest BCUT2D eigenvalue weighted by Gasteiger charge is -2.21. The molecule has 4 rings (SSSR count). The Morgan fingerprint density at radius 2 is 2.07 bits per heavy atom. The molecule has 0 N–H and O–H groups in total. The van der Waals surface area contributed by atoms with E-state index >= 15 is 0 Å². The van der Waals surface area contributed by atoms with Crippen molar-refractivity contribution in [1.82, 2.24) is 20.1 Å². The number of thioether (sulfide) groups is 1. The highest BCUT2D eigenvalue weighted by Crippen LogP contribution is 2.32. The molecule has 1 amide bonds. The van der Waals surface area contributed by atoms with Crippen molar-refractivity contribution in [3.8, 4) is 11.5 Å². The van der Waals surface area contributed by atoms with Crippen LogP contribution in [0.2, 0.25) is 5.02 Å². The summed E-state index contributed by atoms with van der Waals surface area (Å²) in [7, 11) is 0. The minimum absolute atomic E-state index is 0.0626. The molecule has 8 heteroatoms. The molecule has 0 aliphatic heterocycles. The van der Waals surface area contributed by atoms with E-state index < -0.39 is 0 Å². The molecule has 1 saturated carbocycles. The predicted molar refractivity (Wildman–Crippen MR) is 104 cm³/mol. The van der Waals surface area contributed by atoms with Gasteiger partial charge in [0.1, 0.15) is 5.03 Å². The van der Waals surface area contributed by atoms with Gasteiger partial charge in [0.2, 0.25) is 11.8 Å². The second-order valence-electron chi connectivity index (χ2n) is 6.21. The zero-order valence-electron chi connectivity index (χ0n) is 14.6. The van der Waals surface area contributed by atoms with Gasteiger partial charge in [-0.3, -0.25) is 4.79 Å². The molecular weight excluding hydrogens is 384 g/mol. The lowest BCUT2D eigenvalue weighted by atomic mass is 10.2. The maximum atomic E-state index is 13.1. The number of hydrogen-bond acceptors (Lipinski definition) is 6. The maximum Gasteiger partial charge on any atom is 0.257 e. The van der Waals surface area contributed by atoms with Gasteiger partial charge in [0.25, 0.3) is 5.91 Å². The molecule has 1 aliphatic rings. The third-order valence-electron chi connectivity index (χ3n) is 4.32. The second-order valence-corrected chi connectivity index (χ2v) is 7.41. The summed E-state index contributed by atoms with van der Waals surface area (Å²) >= 11 is 7.65. The highest BCUT2D eigenvalue weighted by molar-refractivity contribution is 7.98. The molecule has 2 heterocycles. The lowest BCUT2D eigenvalue weighted by Crippen LogP contribution is -2.33. The first-order chi connectivity index (χ1) is 13.2. The second kappa shape index (κ2) is 7.70. The van der Waals surface area contributed by atoms with E-state index in [0.717, 1.165) is 17.9 Å². The van der Waals surface area contributed by atoms with E-state index in [1.807, 2.05) is 24.5 Å². The van der Waals surface area contributed by atoms with Crippen LogP contribution in [0.1, 0.15) is 29.1 Å². The number of pyridine rings is 1. The molecule has 1 aromatic carbocycles. The van der Waals surface area contributed by atoms with E-state index in [0.29, 0.717) is 27.9 Å². The first-order valence-electron chi connectivity index (χ1n) is 8.54. The Morgan fingerprint density at radius 3 is 2.81 bits per heavy atom. The van der Waals surface area contributed by atoms with Crippen LogP contribution in [0, 0.1) is 0 Å². The van der Waals surface area contributed by atoms with Gasteiger partial charge in [-0.05, 0) is 43.4 Å². The monoisotopic (exact) mass is 400 g/mol. The van der Waals surface area contributed by atoms with E-state index in [2.05, 4.69) is 15.2 Å². The topological polar surface area (TPSA) is 72.1 Å². The van der Waals surface area contributed by atoms with Crippen molar-refractivity contribution in [3.05, 3.63) is 59.1 Å². The summed E-state index contributed by atoms with van der Waals surface area (Å²) in [6.07, 6.45) is 5.56. The minimum Gasteiger partial charge on any atom is -0.419 e. The smallest absolute Gasteiger partial charge is 0.257 e. The van der Waals surface area contributed by atoms with Crippen LogP contribution in [-0.4, -0.2) is 38.3 Å². The highest BCUT2D eigenvalue weighted by atomic mass is 35.5. The zero-order chi connectivity index (χ0) is 18.8. The fraction of sp³-hybridized carbons (Fsp3) is 0.263. The first kappa shape index (κ1) is 18.0. The van der Waals surface area contributed by atoms with Gasteiger partial charge in [-0.25, -0.2) is 4.98 Å². The number of amides is 1. The number of aromatic nitrogens is 3. The average molecular weight is 401 g/mol. The zero-order valence-corrected chi connectivity index (χ0v) is 16.2. The number of carbonyl (C=O) groups is 1. The molecule has 0 spiro atoms. The molecule has 0 bridgehead atoms. The molecule has 0 radical (unpaired) electrons. The fourth-order valence-electron chi connectivity index (χ4n) is 2.83. The Bertz CT molecular complexity index is 974. The molecule has 2 aromatic heterocycles. The third-order valence-corrected chi connectivity index (χ3v) is 5.36. The minimum atomic E-state index is -0.0626. The summed E-state index contributed by atoms with van der Waals surface area (Å²) in [4.78, 5) is 19.2. The fourth-order valence-corrected chi connectivity index (χ4v) is 3.59. The van der Waals surface area contributed by atoms with Crippen molar-refractivity contribution >= 4 is 29.3 Å². The Kier molecular flexibility index (Phi) is 5.13. The Labute approximate surface area is 165 Å². The Balaban J connectivity index is 1.58. The molecule has 1 aliphatic carbocycles. The van der Waals surface area contributed by atoms with Crippen molar-refractivity contribution in [3.63, 3.8) is 0 Å².